The maximum atomic E-state index is 12.4. The molecule has 0 aliphatic heterocycles. The molecule has 32 heavy (non-hydrogen) atoms. The van der Waals surface area contributed by atoms with E-state index in [1.165, 1.54) is 5.56 Å². The average molecular weight is 432 g/mol. The van der Waals surface area contributed by atoms with Crippen molar-refractivity contribution in [1.29, 1.82) is 0 Å². The molecule has 1 heterocycles. The smallest absolute Gasteiger partial charge is 0.261 e. The molecule has 1 unspecified atom stereocenters. The maximum absolute atomic E-state index is 12.4. The van der Waals surface area contributed by atoms with E-state index in [1.54, 1.807) is 20.0 Å². The summed E-state index contributed by atoms with van der Waals surface area (Å²) in [6, 6.07) is 17.2. The second kappa shape index (κ2) is 10.1. The van der Waals surface area contributed by atoms with Gasteiger partial charge in [-0.2, -0.15) is 0 Å². The van der Waals surface area contributed by atoms with Crippen molar-refractivity contribution in [2.24, 2.45) is 0 Å². The van der Waals surface area contributed by atoms with Crippen LogP contribution in [0.25, 0.3) is 11.3 Å². The molecule has 166 valence electrons. The predicted octanol–water partition coefficient (Wildman–Crippen LogP) is 4.12. The van der Waals surface area contributed by atoms with Crippen molar-refractivity contribution in [3.63, 3.8) is 0 Å². The SMILES string of the molecule is CNC(=O)c1ccc(-c2ccc(CNC(=O)C(C)Oc3ccc(C)c(C)c3)cc2)nc1C. The Balaban J connectivity index is 1.58. The monoisotopic (exact) mass is 431 g/mol. The van der Waals surface area contributed by atoms with Gasteiger partial charge in [-0.15, -0.1) is 0 Å². The van der Waals surface area contributed by atoms with Gasteiger partial charge in [0.2, 0.25) is 0 Å². The van der Waals surface area contributed by atoms with Crippen molar-refractivity contribution >= 4 is 11.8 Å². The number of aromatic nitrogens is 1. The highest BCUT2D eigenvalue weighted by molar-refractivity contribution is 5.95. The zero-order chi connectivity index (χ0) is 23.3. The Morgan fingerprint density at radius 3 is 2.31 bits per heavy atom. The van der Waals surface area contributed by atoms with Crippen LogP contribution in [0, 0.1) is 20.8 Å². The quantitative estimate of drug-likeness (QED) is 0.590. The summed E-state index contributed by atoms with van der Waals surface area (Å²) in [5.41, 5.74) is 6.26. The zero-order valence-electron chi connectivity index (χ0n) is 19.2. The van der Waals surface area contributed by atoms with Gasteiger partial charge in [0.05, 0.1) is 17.0 Å². The summed E-state index contributed by atoms with van der Waals surface area (Å²) < 4.78 is 5.77. The molecule has 2 N–H and O–H groups in total. The summed E-state index contributed by atoms with van der Waals surface area (Å²) in [6.07, 6.45) is -0.595. The fourth-order valence-electron chi connectivity index (χ4n) is 3.27. The molecule has 2 aromatic carbocycles. The number of ether oxygens (including phenoxy) is 1. The van der Waals surface area contributed by atoms with Crippen LogP contribution < -0.4 is 15.4 Å². The molecule has 0 aliphatic carbocycles. The van der Waals surface area contributed by atoms with Gasteiger partial charge in [-0.3, -0.25) is 14.6 Å². The Morgan fingerprint density at radius 2 is 1.69 bits per heavy atom. The maximum Gasteiger partial charge on any atom is 0.261 e. The largest absolute Gasteiger partial charge is 0.481 e. The molecule has 2 amide bonds. The molecule has 0 bridgehead atoms. The first kappa shape index (κ1) is 23.0. The molecule has 6 nitrogen and oxygen atoms in total. The fraction of sp³-hybridized carbons (Fsp3) is 0.269. The highest BCUT2D eigenvalue weighted by Crippen LogP contribution is 2.20. The van der Waals surface area contributed by atoms with Crippen molar-refractivity contribution < 1.29 is 14.3 Å². The number of amides is 2. The molecule has 1 aromatic heterocycles. The minimum absolute atomic E-state index is 0.150. The van der Waals surface area contributed by atoms with Crippen LogP contribution in [0.3, 0.4) is 0 Å². The normalized spacial score (nSPS) is 11.5. The van der Waals surface area contributed by atoms with E-state index in [9.17, 15) is 9.59 Å². The van der Waals surface area contributed by atoms with Crippen molar-refractivity contribution in [3.8, 4) is 17.0 Å². The molecule has 1 atom stereocenters. The van der Waals surface area contributed by atoms with E-state index in [0.717, 1.165) is 22.4 Å². The molecule has 3 rings (SSSR count). The van der Waals surface area contributed by atoms with E-state index < -0.39 is 6.10 Å². The Kier molecular flexibility index (Phi) is 7.25. The summed E-state index contributed by atoms with van der Waals surface area (Å²) >= 11 is 0. The Morgan fingerprint density at radius 1 is 0.969 bits per heavy atom. The fourth-order valence-corrected chi connectivity index (χ4v) is 3.27. The number of pyridine rings is 1. The van der Waals surface area contributed by atoms with Crippen molar-refractivity contribution in [2.45, 2.75) is 40.3 Å². The zero-order valence-corrected chi connectivity index (χ0v) is 19.2. The lowest BCUT2D eigenvalue weighted by atomic mass is 10.1. The lowest BCUT2D eigenvalue weighted by Crippen LogP contribution is -2.35. The number of hydrogen-bond donors (Lipinski definition) is 2. The first-order chi connectivity index (χ1) is 15.3. The van der Waals surface area contributed by atoms with Crippen LogP contribution in [0.15, 0.2) is 54.6 Å². The van der Waals surface area contributed by atoms with Crippen LogP contribution in [0.1, 0.15) is 39.7 Å². The van der Waals surface area contributed by atoms with Crippen LogP contribution in [0.5, 0.6) is 5.75 Å². The number of benzene rings is 2. The molecular weight excluding hydrogens is 402 g/mol. The average Bonchev–Trinajstić information content (AvgIpc) is 2.79. The van der Waals surface area contributed by atoms with Gasteiger partial charge in [0.25, 0.3) is 11.8 Å². The first-order valence-corrected chi connectivity index (χ1v) is 10.6. The van der Waals surface area contributed by atoms with Crippen molar-refractivity contribution in [1.82, 2.24) is 15.6 Å². The second-order valence-electron chi connectivity index (χ2n) is 7.83. The highest BCUT2D eigenvalue weighted by Gasteiger charge is 2.15. The molecular formula is C26H29N3O3. The number of nitrogens with one attached hydrogen (secondary N) is 2. The van der Waals surface area contributed by atoms with Gasteiger partial charge in [0.1, 0.15) is 5.75 Å². The highest BCUT2D eigenvalue weighted by atomic mass is 16.5. The van der Waals surface area contributed by atoms with Crippen LogP contribution in [-0.4, -0.2) is 29.9 Å². The Labute approximate surface area is 189 Å². The van der Waals surface area contributed by atoms with Gasteiger partial charge < -0.3 is 15.4 Å². The molecule has 0 radical (unpaired) electrons. The molecule has 0 fully saturated rings. The number of carbonyl (C=O) groups is 2. The van der Waals surface area contributed by atoms with Gasteiger partial charge in [-0.25, -0.2) is 0 Å². The van der Waals surface area contributed by atoms with E-state index in [0.29, 0.717) is 23.6 Å². The van der Waals surface area contributed by atoms with Crippen molar-refractivity contribution in [3.05, 3.63) is 82.5 Å². The Hall–Kier alpha value is -3.67. The van der Waals surface area contributed by atoms with Gasteiger partial charge in [0.15, 0.2) is 6.10 Å². The van der Waals surface area contributed by atoms with E-state index in [-0.39, 0.29) is 11.8 Å². The van der Waals surface area contributed by atoms with E-state index in [1.807, 2.05) is 69.3 Å². The van der Waals surface area contributed by atoms with Gasteiger partial charge in [-0.05, 0) is 68.7 Å². The summed E-state index contributed by atoms with van der Waals surface area (Å²) in [5, 5.41) is 5.53. The number of nitrogens with zero attached hydrogens (tertiary/aromatic N) is 1. The molecule has 0 aliphatic rings. The van der Waals surface area contributed by atoms with E-state index >= 15 is 0 Å². The lowest BCUT2D eigenvalue weighted by molar-refractivity contribution is -0.127. The first-order valence-electron chi connectivity index (χ1n) is 10.6. The molecule has 0 spiro atoms. The third-order valence-corrected chi connectivity index (χ3v) is 5.43. The van der Waals surface area contributed by atoms with Crippen LogP contribution in [0.4, 0.5) is 0 Å². The third-order valence-electron chi connectivity index (χ3n) is 5.43. The molecule has 3 aromatic rings. The topological polar surface area (TPSA) is 80.3 Å². The van der Waals surface area contributed by atoms with Gasteiger partial charge in [-0.1, -0.05) is 30.3 Å². The molecule has 0 saturated carbocycles. The number of hydrogen-bond acceptors (Lipinski definition) is 4. The number of carbonyl (C=O) groups excluding carboxylic acids is 2. The molecule has 0 saturated heterocycles. The van der Waals surface area contributed by atoms with Crippen LogP contribution >= 0.6 is 0 Å². The third kappa shape index (κ3) is 5.52. The van der Waals surface area contributed by atoms with Crippen molar-refractivity contribution in [2.75, 3.05) is 7.05 Å². The van der Waals surface area contributed by atoms with Crippen LogP contribution in [-0.2, 0) is 11.3 Å². The summed E-state index contributed by atoms with van der Waals surface area (Å²) in [7, 11) is 1.60. The summed E-state index contributed by atoms with van der Waals surface area (Å²) in [5.74, 6) is 0.364. The summed E-state index contributed by atoms with van der Waals surface area (Å²) in [6.45, 7) is 8.02. The minimum atomic E-state index is -0.595. The van der Waals surface area contributed by atoms with E-state index in [2.05, 4.69) is 15.6 Å². The summed E-state index contributed by atoms with van der Waals surface area (Å²) in [4.78, 5) is 28.8. The number of rotatable bonds is 7. The minimum Gasteiger partial charge on any atom is -0.481 e. The molecule has 6 heteroatoms. The van der Waals surface area contributed by atoms with Crippen LogP contribution in [0.2, 0.25) is 0 Å². The van der Waals surface area contributed by atoms with E-state index in [4.69, 9.17) is 4.74 Å². The predicted molar refractivity (Wildman–Crippen MR) is 126 cm³/mol. The van der Waals surface area contributed by atoms with Gasteiger partial charge in [0, 0.05) is 19.2 Å². The number of aryl methyl sites for hydroxylation is 3. The second-order valence-corrected chi connectivity index (χ2v) is 7.83. The lowest BCUT2D eigenvalue weighted by Gasteiger charge is -2.16. The Bertz CT molecular complexity index is 1120. The van der Waals surface area contributed by atoms with Gasteiger partial charge >= 0.3 is 0 Å². The standard InChI is InChI=1S/C26H29N3O3/c1-16-6-11-22(14-17(16)2)32-19(4)25(30)28-15-20-7-9-21(10-8-20)24-13-12-23(18(3)29-24)26(31)27-5/h6-14,19H,15H2,1-5H3,(H,27,31)(H,28,30).